The number of hydrogen-bond donors (Lipinski definition) is 2. The van der Waals surface area contributed by atoms with Crippen molar-refractivity contribution < 1.29 is 4.79 Å². The van der Waals surface area contributed by atoms with Crippen LogP contribution in [0.15, 0.2) is 12.1 Å². The van der Waals surface area contributed by atoms with Gasteiger partial charge >= 0.3 is 0 Å². The molecule has 1 atom stereocenters. The molecule has 6 nitrogen and oxygen atoms in total. The molecule has 3 heterocycles. The highest BCUT2D eigenvalue weighted by Crippen LogP contribution is 2.27. The summed E-state index contributed by atoms with van der Waals surface area (Å²) in [5.74, 6) is 1.09. The van der Waals surface area contributed by atoms with Crippen LogP contribution in [0.4, 0.5) is 5.82 Å². The van der Waals surface area contributed by atoms with Crippen molar-refractivity contribution >= 4 is 11.7 Å². The molecule has 1 aromatic rings. The monoisotopic (exact) mass is 275 g/mol. The number of carbonyl (C=O) groups excluding carboxylic acids is 1. The van der Waals surface area contributed by atoms with E-state index in [4.69, 9.17) is 5.73 Å². The Morgan fingerprint density at radius 3 is 2.60 bits per heavy atom. The standard InChI is InChI=1S/C14H21N5O/c15-14(20)12-3-4-13(18-17-12)19-8-5-10(6-9-19)11-2-1-7-16-11/h3-4,10-11,16H,1-2,5-9H2,(H2,15,20). The molecule has 1 aromatic heterocycles. The van der Waals surface area contributed by atoms with E-state index in [1.54, 1.807) is 6.07 Å². The fraction of sp³-hybridized carbons (Fsp3) is 0.643. The molecule has 0 saturated carbocycles. The Kier molecular flexibility index (Phi) is 3.82. The average molecular weight is 275 g/mol. The number of hydrogen-bond acceptors (Lipinski definition) is 5. The van der Waals surface area contributed by atoms with E-state index < -0.39 is 5.91 Å². The van der Waals surface area contributed by atoms with Gasteiger partial charge in [0, 0.05) is 19.1 Å². The second-order valence-electron chi connectivity index (χ2n) is 5.67. The molecule has 1 unspecified atom stereocenters. The van der Waals surface area contributed by atoms with E-state index in [1.165, 1.54) is 32.2 Å². The molecule has 0 radical (unpaired) electrons. The molecule has 3 rings (SSSR count). The first kappa shape index (κ1) is 13.3. The number of rotatable bonds is 3. The van der Waals surface area contributed by atoms with Gasteiger partial charge in [0.05, 0.1) is 0 Å². The summed E-state index contributed by atoms with van der Waals surface area (Å²) in [7, 11) is 0. The van der Waals surface area contributed by atoms with Crippen molar-refractivity contribution in [3.05, 3.63) is 17.8 Å². The van der Waals surface area contributed by atoms with Crippen LogP contribution in [-0.4, -0.2) is 41.8 Å². The van der Waals surface area contributed by atoms with Crippen molar-refractivity contribution in [1.82, 2.24) is 15.5 Å². The molecule has 2 saturated heterocycles. The summed E-state index contributed by atoms with van der Waals surface area (Å²) in [4.78, 5) is 13.2. The summed E-state index contributed by atoms with van der Waals surface area (Å²) >= 11 is 0. The van der Waals surface area contributed by atoms with Crippen LogP contribution < -0.4 is 16.0 Å². The Balaban J connectivity index is 1.58. The van der Waals surface area contributed by atoms with Crippen molar-refractivity contribution in [3.63, 3.8) is 0 Å². The second-order valence-corrected chi connectivity index (χ2v) is 5.67. The predicted octanol–water partition coefficient (Wildman–Crippen LogP) is 0.544. The van der Waals surface area contributed by atoms with Crippen LogP contribution in [0, 0.1) is 5.92 Å². The number of primary amides is 1. The Labute approximate surface area is 118 Å². The lowest BCUT2D eigenvalue weighted by Gasteiger charge is -2.35. The van der Waals surface area contributed by atoms with Crippen molar-refractivity contribution in [3.8, 4) is 0 Å². The summed E-state index contributed by atoms with van der Waals surface area (Å²) in [6.45, 7) is 3.19. The van der Waals surface area contributed by atoms with Gasteiger partial charge in [-0.05, 0) is 50.3 Å². The lowest BCUT2D eigenvalue weighted by Crippen LogP contribution is -2.41. The number of amides is 1. The Morgan fingerprint density at radius 2 is 2.05 bits per heavy atom. The van der Waals surface area contributed by atoms with Crippen LogP contribution in [0.1, 0.15) is 36.2 Å². The summed E-state index contributed by atoms with van der Waals surface area (Å²) in [5, 5.41) is 11.6. The minimum Gasteiger partial charge on any atom is -0.364 e. The third-order valence-corrected chi connectivity index (χ3v) is 4.43. The zero-order valence-electron chi connectivity index (χ0n) is 11.6. The van der Waals surface area contributed by atoms with Gasteiger partial charge in [-0.2, -0.15) is 0 Å². The molecule has 0 aromatic carbocycles. The van der Waals surface area contributed by atoms with Crippen LogP contribution >= 0.6 is 0 Å². The minimum absolute atomic E-state index is 0.221. The maximum absolute atomic E-state index is 11.0. The summed E-state index contributed by atoms with van der Waals surface area (Å²) in [5.41, 5.74) is 5.39. The van der Waals surface area contributed by atoms with Crippen LogP contribution in [0.3, 0.4) is 0 Å². The van der Waals surface area contributed by atoms with Gasteiger partial charge in [0.1, 0.15) is 0 Å². The van der Waals surface area contributed by atoms with E-state index in [0.717, 1.165) is 24.8 Å². The minimum atomic E-state index is -0.532. The molecule has 1 amide bonds. The summed E-state index contributed by atoms with van der Waals surface area (Å²) in [6.07, 6.45) is 5.01. The van der Waals surface area contributed by atoms with Gasteiger partial charge < -0.3 is 16.0 Å². The average Bonchev–Trinajstić information content (AvgIpc) is 3.02. The summed E-state index contributed by atoms with van der Waals surface area (Å²) in [6, 6.07) is 4.19. The van der Waals surface area contributed by atoms with Crippen molar-refractivity contribution in [2.24, 2.45) is 11.7 Å². The number of carbonyl (C=O) groups is 1. The smallest absolute Gasteiger partial charge is 0.269 e. The normalized spacial score (nSPS) is 24.0. The summed E-state index contributed by atoms with van der Waals surface area (Å²) < 4.78 is 0. The second kappa shape index (κ2) is 5.75. The highest BCUT2D eigenvalue weighted by Gasteiger charge is 2.28. The first-order valence-corrected chi connectivity index (χ1v) is 7.36. The van der Waals surface area contributed by atoms with Crippen LogP contribution in [0.5, 0.6) is 0 Å². The van der Waals surface area contributed by atoms with Gasteiger partial charge in [-0.1, -0.05) is 0 Å². The van der Waals surface area contributed by atoms with Gasteiger partial charge in [-0.3, -0.25) is 4.79 Å². The molecule has 0 spiro atoms. The van der Waals surface area contributed by atoms with E-state index in [9.17, 15) is 4.79 Å². The number of aromatic nitrogens is 2. The zero-order valence-corrected chi connectivity index (χ0v) is 11.6. The zero-order chi connectivity index (χ0) is 13.9. The highest BCUT2D eigenvalue weighted by atomic mass is 16.1. The van der Waals surface area contributed by atoms with Crippen molar-refractivity contribution in [1.29, 1.82) is 0 Å². The largest absolute Gasteiger partial charge is 0.364 e. The number of nitrogens with two attached hydrogens (primary N) is 1. The van der Waals surface area contributed by atoms with Gasteiger partial charge in [0.15, 0.2) is 11.5 Å². The molecule has 2 fully saturated rings. The number of nitrogens with zero attached hydrogens (tertiary/aromatic N) is 3. The van der Waals surface area contributed by atoms with E-state index in [1.807, 2.05) is 6.07 Å². The van der Waals surface area contributed by atoms with Gasteiger partial charge in [0.25, 0.3) is 5.91 Å². The molecular formula is C14H21N5O. The van der Waals surface area contributed by atoms with Crippen LogP contribution in [-0.2, 0) is 0 Å². The van der Waals surface area contributed by atoms with Gasteiger partial charge in [0.2, 0.25) is 0 Å². The quantitative estimate of drug-likeness (QED) is 0.841. The van der Waals surface area contributed by atoms with E-state index in [0.29, 0.717) is 6.04 Å². The van der Waals surface area contributed by atoms with Crippen molar-refractivity contribution in [2.45, 2.75) is 31.7 Å². The molecule has 3 N–H and O–H groups in total. The van der Waals surface area contributed by atoms with Gasteiger partial charge in [-0.15, -0.1) is 10.2 Å². The molecule has 2 aliphatic heterocycles. The molecule has 20 heavy (non-hydrogen) atoms. The predicted molar refractivity (Wildman–Crippen MR) is 76.5 cm³/mol. The van der Waals surface area contributed by atoms with Crippen LogP contribution in [0.25, 0.3) is 0 Å². The molecule has 0 bridgehead atoms. The number of anilines is 1. The number of piperidine rings is 1. The van der Waals surface area contributed by atoms with Gasteiger partial charge in [-0.25, -0.2) is 0 Å². The third kappa shape index (κ3) is 2.75. The lowest BCUT2D eigenvalue weighted by atomic mass is 9.88. The maximum Gasteiger partial charge on any atom is 0.269 e. The molecule has 0 aliphatic carbocycles. The van der Waals surface area contributed by atoms with E-state index in [-0.39, 0.29) is 5.69 Å². The first-order valence-electron chi connectivity index (χ1n) is 7.36. The Bertz CT molecular complexity index is 461. The van der Waals surface area contributed by atoms with Crippen molar-refractivity contribution in [2.75, 3.05) is 24.5 Å². The molecule has 108 valence electrons. The molecular weight excluding hydrogens is 254 g/mol. The lowest BCUT2D eigenvalue weighted by molar-refractivity contribution is 0.0994. The third-order valence-electron chi connectivity index (χ3n) is 4.43. The fourth-order valence-corrected chi connectivity index (χ4v) is 3.27. The fourth-order valence-electron chi connectivity index (χ4n) is 3.27. The Hall–Kier alpha value is -1.69. The maximum atomic E-state index is 11.0. The van der Waals surface area contributed by atoms with E-state index >= 15 is 0 Å². The topological polar surface area (TPSA) is 84.1 Å². The van der Waals surface area contributed by atoms with Crippen LogP contribution in [0.2, 0.25) is 0 Å². The van der Waals surface area contributed by atoms with E-state index in [2.05, 4.69) is 20.4 Å². The SMILES string of the molecule is NC(=O)c1ccc(N2CCC(C3CCCN3)CC2)nn1. The highest BCUT2D eigenvalue weighted by molar-refractivity contribution is 5.90. The molecule has 2 aliphatic rings. The Morgan fingerprint density at radius 1 is 1.25 bits per heavy atom. The number of nitrogens with one attached hydrogen (secondary N) is 1. The first-order chi connectivity index (χ1) is 9.74. The molecule has 6 heteroatoms.